The third-order valence-electron chi connectivity index (χ3n) is 8.12. The standard InChI is InChI=1S/C36H36FNO6/c1-23-31(18-34(39)40)35(28-8-13-33-27(17-28)3-2-15-44-33)36(32(38-23)22-42-21-25-19-41-20-25)26-6-11-30(12-7-26)43-16-14-24-4-9-29(37)10-5-24/h4-13,17,25H,2-3,14-16,18-22H2,1H3,(H,39,40). The Balaban J connectivity index is 1.37. The van der Waals surface area contributed by atoms with Gasteiger partial charge in [0.2, 0.25) is 0 Å². The van der Waals surface area contributed by atoms with Crippen molar-refractivity contribution in [1.82, 2.24) is 4.98 Å². The molecule has 0 atom stereocenters. The first-order valence-corrected chi connectivity index (χ1v) is 15.1. The topological polar surface area (TPSA) is 87.1 Å². The third-order valence-corrected chi connectivity index (χ3v) is 8.12. The SMILES string of the molecule is Cc1nc(COCC2COC2)c(-c2ccc(OCCc3ccc(F)cc3)cc2)c(-c2ccc3c(c2)CCCO3)c1CC(=O)O. The Labute approximate surface area is 256 Å². The maximum atomic E-state index is 13.2. The number of pyridine rings is 1. The summed E-state index contributed by atoms with van der Waals surface area (Å²) < 4.78 is 36.6. The molecule has 0 amide bonds. The lowest BCUT2D eigenvalue weighted by Crippen LogP contribution is -2.31. The van der Waals surface area contributed by atoms with Crippen LogP contribution in [-0.4, -0.2) is 49.1 Å². The van der Waals surface area contributed by atoms with Crippen molar-refractivity contribution in [2.45, 2.75) is 39.2 Å². The van der Waals surface area contributed by atoms with Crippen LogP contribution in [0.25, 0.3) is 22.3 Å². The maximum absolute atomic E-state index is 13.2. The fraction of sp³-hybridized carbons (Fsp3) is 0.333. The predicted molar refractivity (Wildman–Crippen MR) is 165 cm³/mol. The molecule has 0 aliphatic carbocycles. The van der Waals surface area contributed by atoms with Crippen LogP contribution in [0, 0.1) is 18.7 Å². The average molecular weight is 598 g/mol. The zero-order chi connectivity index (χ0) is 30.5. The molecule has 0 radical (unpaired) electrons. The average Bonchev–Trinajstić information content (AvgIpc) is 3.00. The van der Waals surface area contributed by atoms with Gasteiger partial charge in [0, 0.05) is 23.6 Å². The second-order valence-electron chi connectivity index (χ2n) is 11.4. The highest BCUT2D eigenvalue weighted by molar-refractivity contribution is 5.90. The summed E-state index contributed by atoms with van der Waals surface area (Å²) >= 11 is 0. The van der Waals surface area contributed by atoms with E-state index in [-0.39, 0.29) is 18.8 Å². The first-order chi connectivity index (χ1) is 21.4. The number of rotatable bonds is 12. The predicted octanol–water partition coefficient (Wildman–Crippen LogP) is 6.60. The van der Waals surface area contributed by atoms with Crippen LogP contribution in [0.5, 0.6) is 11.5 Å². The number of benzene rings is 3. The summed E-state index contributed by atoms with van der Waals surface area (Å²) in [7, 11) is 0. The molecule has 6 rings (SSSR count). The van der Waals surface area contributed by atoms with E-state index in [1.54, 1.807) is 12.1 Å². The summed E-state index contributed by atoms with van der Waals surface area (Å²) in [5.74, 6) is 0.782. The smallest absolute Gasteiger partial charge is 0.307 e. The number of carboxylic acid groups (broad SMARTS) is 1. The van der Waals surface area contributed by atoms with Gasteiger partial charge in [0.15, 0.2) is 0 Å². The van der Waals surface area contributed by atoms with Gasteiger partial charge < -0.3 is 24.1 Å². The molecular weight excluding hydrogens is 561 g/mol. The number of carboxylic acids is 1. The van der Waals surface area contributed by atoms with Crippen molar-refractivity contribution < 1.29 is 33.2 Å². The van der Waals surface area contributed by atoms with Crippen LogP contribution < -0.4 is 9.47 Å². The summed E-state index contributed by atoms with van der Waals surface area (Å²) in [6.07, 6.45) is 2.34. The molecule has 0 spiro atoms. The number of halogens is 1. The van der Waals surface area contributed by atoms with Crippen LogP contribution in [0.3, 0.4) is 0 Å². The Morgan fingerprint density at radius 3 is 2.52 bits per heavy atom. The fourth-order valence-electron chi connectivity index (χ4n) is 5.78. The molecule has 8 heteroatoms. The van der Waals surface area contributed by atoms with Crippen LogP contribution >= 0.6 is 0 Å². The molecule has 1 saturated heterocycles. The van der Waals surface area contributed by atoms with Crippen molar-refractivity contribution in [3.63, 3.8) is 0 Å². The number of hydrogen-bond donors (Lipinski definition) is 1. The summed E-state index contributed by atoms with van der Waals surface area (Å²) in [4.78, 5) is 17.0. The van der Waals surface area contributed by atoms with Crippen molar-refractivity contribution in [3.8, 4) is 33.8 Å². The van der Waals surface area contributed by atoms with E-state index in [2.05, 4.69) is 6.07 Å². The summed E-state index contributed by atoms with van der Waals surface area (Å²) in [6.45, 7) is 5.27. The van der Waals surface area contributed by atoms with Gasteiger partial charge in [-0.05, 0) is 89.5 Å². The Morgan fingerprint density at radius 2 is 1.80 bits per heavy atom. The number of aromatic nitrogens is 1. The number of aryl methyl sites for hydroxylation is 2. The monoisotopic (exact) mass is 597 g/mol. The molecule has 0 bridgehead atoms. The highest BCUT2D eigenvalue weighted by Gasteiger charge is 2.25. The van der Waals surface area contributed by atoms with Crippen LogP contribution in [0.15, 0.2) is 66.7 Å². The highest BCUT2D eigenvalue weighted by Crippen LogP contribution is 2.41. The van der Waals surface area contributed by atoms with E-state index in [9.17, 15) is 14.3 Å². The maximum Gasteiger partial charge on any atom is 0.307 e. The summed E-state index contributed by atoms with van der Waals surface area (Å²) in [5, 5.41) is 9.92. The van der Waals surface area contributed by atoms with Gasteiger partial charge in [0.25, 0.3) is 0 Å². The number of aliphatic carboxylic acids is 1. The van der Waals surface area contributed by atoms with Crippen molar-refractivity contribution >= 4 is 5.97 Å². The van der Waals surface area contributed by atoms with E-state index in [0.717, 1.165) is 57.7 Å². The molecule has 0 unspecified atom stereocenters. The molecule has 2 aliphatic heterocycles. The minimum absolute atomic E-state index is 0.153. The number of hydrogen-bond acceptors (Lipinski definition) is 6. The molecule has 228 valence electrons. The lowest BCUT2D eigenvalue weighted by atomic mass is 9.86. The first kappa shape index (κ1) is 29.8. The number of nitrogens with zero attached hydrogens (tertiary/aromatic N) is 1. The van der Waals surface area contributed by atoms with Gasteiger partial charge in [-0.3, -0.25) is 9.78 Å². The lowest BCUT2D eigenvalue weighted by molar-refractivity contribution is -0.136. The normalized spacial score (nSPS) is 14.4. The number of ether oxygens (including phenoxy) is 4. The molecule has 2 aliphatic rings. The zero-order valence-corrected chi connectivity index (χ0v) is 24.8. The Hall–Kier alpha value is -4.27. The van der Waals surface area contributed by atoms with E-state index in [4.69, 9.17) is 23.9 Å². The van der Waals surface area contributed by atoms with Crippen LogP contribution in [0.4, 0.5) is 4.39 Å². The van der Waals surface area contributed by atoms with E-state index < -0.39 is 5.97 Å². The number of fused-ring (bicyclic) bond motifs is 1. The van der Waals surface area contributed by atoms with Gasteiger partial charge in [-0.15, -0.1) is 0 Å². The van der Waals surface area contributed by atoms with Crippen LogP contribution in [-0.2, 0) is 40.1 Å². The third kappa shape index (κ3) is 6.93. The Kier molecular flexibility index (Phi) is 9.19. The molecule has 1 N–H and O–H groups in total. The minimum atomic E-state index is -0.915. The van der Waals surface area contributed by atoms with Crippen molar-refractivity contribution in [3.05, 3.63) is 101 Å². The van der Waals surface area contributed by atoms with Crippen LogP contribution in [0.2, 0.25) is 0 Å². The highest BCUT2D eigenvalue weighted by atomic mass is 19.1. The Morgan fingerprint density at radius 1 is 1.02 bits per heavy atom. The van der Waals surface area contributed by atoms with Gasteiger partial charge in [-0.2, -0.15) is 0 Å². The van der Waals surface area contributed by atoms with Gasteiger partial charge in [-0.25, -0.2) is 4.39 Å². The van der Waals surface area contributed by atoms with Crippen molar-refractivity contribution in [2.75, 3.05) is 33.0 Å². The molecule has 1 aromatic heterocycles. The van der Waals surface area contributed by atoms with Crippen LogP contribution in [0.1, 0.15) is 34.5 Å². The van der Waals surface area contributed by atoms with E-state index >= 15 is 0 Å². The minimum Gasteiger partial charge on any atom is -0.493 e. The van der Waals surface area contributed by atoms with Gasteiger partial charge in [0.1, 0.15) is 17.3 Å². The molecule has 44 heavy (non-hydrogen) atoms. The second kappa shape index (κ2) is 13.6. The fourth-order valence-corrected chi connectivity index (χ4v) is 5.78. The summed E-state index contributed by atoms with van der Waals surface area (Å²) in [5.41, 5.74) is 7.75. The molecule has 0 saturated carbocycles. The van der Waals surface area contributed by atoms with E-state index in [0.29, 0.717) is 62.4 Å². The Bertz CT molecular complexity index is 1620. The van der Waals surface area contributed by atoms with Gasteiger partial charge in [0.05, 0.1) is 51.8 Å². The first-order valence-electron chi connectivity index (χ1n) is 15.1. The largest absolute Gasteiger partial charge is 0.493 e. The lowest BCUT2D eigenvalue weighted by Gasteiger charge is -2.26. The van der Waals surface area contributed by atoms with Crippen molar-refractivity contribution in [1.29, 1.82) is 0 Å². The van der Waals surface area contributed by atoms with Gasteiger partial charge in [-0.1, -0.05) is 30.3 Å². The summed E-state index contributed by atoms with van der Waals surface area (Å²) in [6, 6.07) is 20.3. The van der Waals surface area contributed by atoms with E-state index in [1.165, 1.54) is 12.1 Å². The molecule has 4 aromatic rings. The molecule has 3 aromatic carbocycles. The molecular formula is C36H36FNO6. The quantitative estimate of drug-likeness (QED) is 0.197. The zero-order valence-electron chi connectivity index (χ0n) is 24.8. The molecule has 3 heterocycles. The second-order valence-corrected chi connectivity index (χ2v) is 11.4. The van der Waals surface area contributed by atoms with Crippen molar-refractivity contribution in [2.24, 2.45) is 5.92 Å². The molecule has 1 fully saturated rings. The van der Waals surface area contributed by atoms with Gasteiger partial charge >= 0.3 is 5.97 Å². The van der Waals surface area contributed by atoms with E-state index in [1.807, 2.05) is 43.3 Å². The molecule has 7 nitrogen and oxygen atoms in total. The number of carbonyl (C=O) groups is 1.